The molecule has 2 aromatic heterocycles. The summed E-state index contributed by atoms with van der Waals surface area (Å²) < 4.78 is 3.00. The van der Waals surface area contributed by atoms with Gasteiger partial charge < -0.3 is 0 Å². The lowest BCUT2D eigenvalue weighted by Gasteiger charge is -2.05. The van der Waals surface area contributed by atoms with Gasteiger partial charge in [-0.2, -0.15) is 5.10 Å². The average Bonchev–Trinajstić information content (AvgIpc) is 2.49. The van der Waals surface area contributed by atoms with E-state index in [9.17, 15) is 0 Å². The van der Waals surface area contributed by atoms with Crippen LogP contribution in [0.15, 0.2) is 22.9 Å². The van der Waals surface area contributed by atoms with Gasteiger partial charge in [-0.25, -0.2) is 9.67 Å². The second-order valence-electron chi connectivity index (χ2n) is 3.75. The summed E-state index contributed by atoms with van der Waals surface area (Å²) in [6.45, 7) is 5.25. The van der Waals surface area contributed by atoms with Crippen LogP contribution in [-0.4, -0.2) is 14.8 Å². The van der Waals surface area contributed by atoms with Crippen molar-refractivity contribution in [1.82, 2.24) is 14.8 Å². The highest BCUT2D eigenvalue weighted by Gasteiger charge is 2.07. The highest BCUT2D eigenvalue weighted by atomic mass is 79.9. The lowest BCUT2D eigenvalue weighted by Crippen LogP contribution is -2.06. The number of rotatable bonds is 2. The van der Waals surface area contributed by atoms with Gasteiger partial charge >= 0.3 is 0 Å². The number of nitrogens with zero attached hydrogens (tertiary/aromatic N) is 3. The fraction of sp³-hybridized carbons (Fsp3) is 0.400. The first-order chi connectivity index (χ1) is 6.68. The molecular formula is C10H12BrN3. The molecule has 2 rings (SSSR count). The van der Waals surface area contributed by atoms with Crippen LogP contribution in [0.1, 0.15) is 13.8 Å². The fourth-order valence-corrected chi connectivity index (χ4v) is 1.82. The second-order valence-corrected chi connectivity index (χ2v) is 4.60. The van der Waals surface area contributed by atoms with Crippen LogP contribution < -0.4 is 0 Å². The molecule has 4 heteroatoms. The van der Waals surface area contributed by atoms with Crippen LogP contribution in [0.2, 0.25) is 0 Å². The summed E-state index contributed by atoms with van der Waals surface area (Å²) in [5.41, 5.74) is 0.952. The van der Waals surface area contributed by atoms with E-state index in [0.29, 0.717) is 5.92 Å². The largest absolute Gasteiger partial charge is 0.247 e. The van der Waals surface area contributed by atoms with E-state index in [1.807, 2.05) is 16.9 Å². The number of hydrogen-bond donors (Lipinski definition) is 0. The van der Waals surface area contributed by atoms with Crippen molar-refractivity contribution in [1.29, 1.82) is 0 Å². The maximum absolute atomic E-state index is 4.33. The topological polar surface area (TPSA) is 30.7 Å². The summed E-state index contributed by atoms with van der Waals surface area (Å²) in [7, 11) is 0. The van der Waals surface area contributed by atoms with Crippen LogP contribution in [-0.2, 0) is 6.54 Å². The predicted octanol–water partition coefficient (Wildman–Crippen LogP) is 2.85. The molecule has 3 nitrogen and oxygen atoms in total. The van der Waals surface area contributed by atoms with Crippen LogP contribution in [0.25, 0.3) is 11.0 Å². The minimum absolute atomic E-state index is 0.582. The van der Waals surface area contributed by atoms with E-state index in [1.54, 1.807) is 6.20 Å². The Hall–Kier alpha value is -0.900. The summed E-state index contributed by atoms with van der Waals surface area (Å²) in [6.07, 6.45) is 3.65. The van der Waals surface area contributed by atoms with Gasteiger partial charge in [-0.3, -0.25) is 0 Å². The van der Waals surface area contributed by atoms with Gasteiger partial charge in [0, 0.05) is 17.2 Å². The predicted molar refractivity (Wildman–Crippen MR) is 60.1 cm³/mol. The summed E-state index contributed by atoms with van der Waals surface area (Å²) >= 11 is 3.48. The molecule has 0 atom stereocenters. The van der Waals surface area contributed by atoms with E-state index in [0.717, 1.165) is 22.1 Å². The van der Waals surface area contributed by atoms with Crippen molar-refractivity contribution in [3.8, 4) is 0 Å². The number of aromatic nitrogens is 3. The van der Waals surface area contributed by atoms with Crippen molar-refractivity contribution in [2.45, 2.75) is 20.4 Å². The molecule has 0 aliphatic carbocycles. The number of fused-ring (bicyclic) bond motifs is 1. The Balaban J connectivity index is 2.52. The molecule has 0 aliphatic rings. The van der Waals surface area contributed by atoms with Crippen LogP contribution >= 0.6 is 15.9 Å². The Morgan fingerprint density at radius 1 is 1.50 bits per heavy atom. The fourth-order valence-electron chi connectivity index (χ4n) is 1.43. The Kier molecular flexibility index (Phi) is 2.54. The minimum Gasteiger partial charge on any atom is -0.247 e. The summed E-state index contributed by atoms with van der Waals surface area (Å²) in [5.74, 6) is 0.582. The lowest BCUT2D eigenvalue weighted by atomic mass is 10.2. The molecule has 14 heavy (non-hydrogen) atoms. The third kappa shape index (κ3) is 1.66. The molecule has 0 N–H and O–H groups in total. The Morgan fingerprint density at radius 2 is 2.29 bits per heavy atom. The van der Waals surface area contributed by atoms with Gasteiger partial charge in [0.2, 0.25) is 0 Å². The zero-order valence-corrected chi connectivity index (χ0v) is 9.82. The minimum atomic E-state index is 0.582. The van der Waals surface area contributed by atoms with Crippen molar-refractivity contribution in [2.75, 3.05) is 0 Å². The van der Waals surface area contributed by atoms with E-state index in [1.165, 1.54) is 0 Å². The third-order valence-corrected chi connectivity index (χ3v) is 2.72. The van der Waals surface area contributed by atoms with Gasteiger partial charge in [0.05, 0.1) is 11.6 Å². The number of pyridine rings is 1. The lowest BCUT2D eigenvalue weighted by molar-refractivity contribution is 0.492. The average molecular weight is 254 g/mol. The highest BCUT2D eigenvalue weighted by molar-refractivity contribution is 9.10. The molecule has 0 saturated heterocycles. The first-order valence-corrected chi connectivity index (χ1v) is 5.44. The Labute approximate surface area is 91.3 Å². The van der Waals surface area contributed by atoms with Gasteiger partial charge in [0.25, 0.3) is 0 Å². The standard InChI is InChI=1S/C10H12BrN3/c1-7(2)6-14-10-8(5-13-14)9(11)3-4-12-10/h3-5,7H,6H2,1-2H3. The molecule has 0 spiro atoms. The Bertz CT molecular complexity index is 448. The van der Waals surface area contributed by atoms with E-state index in [2.05, 4.69) is 39.9 Å². The smallest absolute Gasteiger partial charge is 0.158 e. The molecule has 0 aromatic carbocycles. The first-order valence-electron chi connectivity index (χ1n) is 4.64. The van der Waals surface area contributed by atoms with Gasteiger partial charge in [0.15, 0.2) is 5.65 Å². The zero-order valence-electron chi connectivity index (χ0n) is 8.24. The molecule has 2 heterocycles. The quantitative estimate of drug-likeness (QED) is 0.825. The SMILES string of the molecule is CC(C)Cn1ncc2c(Br)ccnc21. The monoisotopic (exact) mass is 253 g/mol. The van der Waals surface area contributed by atoms with E-state index in [-0.39, 0.29) is 0 Å². The first kappa shape index (κ1) is 9.65. The molecular weight excluding hydrogens is 242 g/mol. The maximum atomic E-state index is 4.33. The van der Waals surface area contributed by atoms with Crippen LogP contribution in [0.5, 0.6) is 0 Å². The highest BCUT2D eigenvalue weighted by Crippen LogP contribution is 2.21. The van der Waals surface area contributed by atoms with Crippen molar-refractivity contribution in [3.05, 3.63) is 22.9 Å². The molecule has 0 amide bonds. The number of hydrogen-bond acceptors (Lipinski definition) is 2. The van der Waals surface area contributed by atoms with Gasteiger partial charge in [-0.1, -0.05) is 13.8 Å². The van der Waals surface area contributed by atoms with E-state index >= 15 is 0 Å². The molecule has 2 aromatic rings. The number of halogens is 1. The zero-order chi connectivity index (χ0) is 10.1. The van der Waals surface area contributed by atoms with Crippen molar-refractivity contribution in [2.24, 2.45) is 5.92 Å². The molecule has 0 radical (unpaired) electrons. The third-order valence-electron chi connectivity index (χ3n) is 2.02. The normalized spacial score (nSPS) is 11.4. The van der Waals surface area contributed by atoms with Gasteiger partial charge in [0.1, 0.15) is 0 Å². The van der Waals surface area contributed by atoms with Gasteiger partial charge in [-0.05, 0) is 27.9 Å². The molecule has 0 saturated carbocycles. The van der Waals surface area contributed by atoms with Crippen molar-refractivity contribution in [3.63, 3.8) is 0 Å². The molecule has 0 aliphatic heterocycles. The maximum Gasteiger partial charge on any atom is 0.158 e. The van der Waals surface area contributed by atoms with Crippen molar-refractivity contribution < 1.29 is 0 Å². The summed E-state index contributed by atoms with van der Waals surface area (Å²) in [5, 5.41) is 5.40. The molecule has 74 valence electrons. The Morgan fingerprint density at radius 3 is 3.00 bits per heavy atom. The van der Waals surface area contributed by atoms with Gasteiger partial charge in [-0.15, -0.1) is 0 Å². The molecule has 0 bridgehead atoms. The summed E-state index contributed by atoms with van der Waals surface area (Å²) in [4.78, 5) is 4.33. The van der Waals surface area contributed by atoms with E-state index in [4.69, 9.17) is 0 Å². The molecule has 0 unspecified atom stereocenters. The van der Waals surface area contributed by atoms with Crippen LogP contribution in [0.4, 0.5) is 0 Å². The van der Waals surface area contributed by atoms with Crippen LogP contribution in [0.3, 0.4) is 0 Å². The second kappa shape index (κ2) is 3.69. The van der Waals surface area contributed by atoms with Crippen LogP contribution in [0, 0.1) is 5.92 Å². The van der Waals surface area contributed by atoms with E-state index < -0.39 is 0 Å². The van der Waals surface area contributed by atoms with Crippen molar-refractivity contribution >= 4 is 27.0 Å². The molecule has 0 fully saturated rings. The summed E-state index contributed by atoms with van der Waals surface area (Å²) in [6, 6.07) is 1.93.